The maximum atomic E-state index is 5.62. The van der Waals surface area contributed by atoms with E-state index in [0.29, 0.717) is 5.92 Å². The van der Waals surface area contributed by atoms with E-state index in [1.807, 2.05) is 11.8 Å². The maximum absolute atomic E-state index is 5.62. The van der Waals surface area contributed by atoms with E-state index in [1.165, 1.54) is 17.1 Å². The molecule has 0 fully saturated rings. The van der Waals surface area contributed by atoms with Crippen molar-refractivity contribution in [2.45, 2.75) is 25.2 Å². The Morgan fingerprint density at radius 1 is 1.13 bits per heavy atom. The Kier molecular flexibility index (Phi) is 5.81. The third-order valence-electron chi connectivity index (χ3n) is 2.48. The Morgan fingerprint density at radius 2 is 1.80 bits per heavy atom. The van der Waals surface area contributed by atoms with Crippen molar-refractivity contribution in [1.29, 1.82) is 0 Å². The van der Waals surface area contributed by atoms with Crippen LogP contribution < -0.4 is 5.73 Å². The molecule has 0 aliphatic rings. The quantitative estimate of drug-likeness (QED) is 0.748. The number of hydrogen-bond acceptors (Lipinski definition) is 2. The summed E-state index contributed by atoms with van der Waals surface area (Å²) in [6, 6.07) is 10.6. The average molecular weight is 223 g/mol. The largest absolute Gasteiger partial charge is 0.330 e. The first-order valence-corrected chi connectivity index (χ1v) is 6.59. The first-order valence-electron chi connectivity index (χ1n) is 5.60. The summed E-state index contributed by atoms with van der Waals surface area (Å²) in [5.74, 6) is 2.58. The minimum Gasteiger partial charge on any atom is -0.330 e. The van der Waals surface area contributed by atoms with Gasteiger partial charge in [0.1, 0.15) is 0 Å². The number of rotatable bonds is 6. The van der Waals surface area contributed by atoms with Crippen LogP contribution in [0.4, 0.5) is 0 Å². The molecule has 0 amide bonds. The van der Waals surface area contributed by atoms with Crippen molar-refractivity contribution in [2.24, 2.45) is 17.6 Å². The van der Waals surface area contributed by atoms with Gasteiger partial charge in [0.15, 0.2) is 0 Å². The van der Waals surface area contributed by atoms with E-state index < -0.39 is 0 Å². The van der Waals surface area contributed by atoms with Gasteiger partial charge in [-0.3, -0.25) is 0 Å². The smallest absolute Gasteiger partial charge is 0.00720 e. The van der Waals surface area contributed by atoms with E-state index in [0.717, 1.165) is 12.5 Å². The van der Waals surface area contributed by atoms with Gasteiger partial charge in [-0.05, 0) is 36.9 Å². The molecular formula is C13H21NS. The minimum atomic E-state index is 0.649. The molecule has 1 rings (SSSR count). The van der Waals surface area contributed by atoms with Crippen molar-refractivity contribution in [2.75, 3.05) is 12.3 Å². The molecule has 0 spiro atoms. The summed E-state index contributed by atoms with van der Waals surface area (Å²) in [6.07, 6.45) is 1.23. The van der Waals surface area contributed by atoms with E-state index in [1.54, 1.807) is 0 Å². The van der Waals surface area contributed by atoms with Gasteiger partial charge in [-0.1, -0.05) is 32.0 Å². The van der Waals surface area contributed by atoms with E-state index in [9.17, 15) is 0 Å². The summed E-state index contributed by atoms with van der Waals surface area (Å²) in [5, 5.41) is 0. The summed E-state index contributed by atoms with van der Waals surface area (Å²) >= 11 is 1.94. The molecule has 2 N–H and O–H groups in total. The SMILES string of the molecule is C[C@H](CN)C[C@@H](C)CSc1ccccc1. The summed E-state index contributed by atoms with van der Waals surface area (Å²) < 4.78 is 0. The summed E-state index contributed by atoms with van der Waals surface area (Å²) in [4.78, 5) is 1.37. The first-order chi connectivity index (χ1) is 7.22. The standard InChI is InChI=1S/C13H21NS/c1-11(9-14)8-12(2)10-15-13-6-4-3-5-7-13/h3-7,11-12H,8-10,14H2,1-2H3/t11-,12+/m0/s1. The van der Waals surface area contributed by atoms with Crippen molar-refractivity contribution in [3.63, 3.8) is 0 Å². The van der Waals surface area contributed by atoms with Gasteiger partial charge in [0.25, 0.3) is 0 Å². The molecule has 84 valence electrons. The second kappa shape index (κ2) is 6.91. The normalized spacial score (nSPS) is 14.9. The lowest BCUT2D eigenvalue weighted by Gasteiger charge is -2.15. The number of hydrogen-bond donors (Lipinski definition) is 1. The summed E-state index contributed by atoms with van der Waals surface area (Å²) in [5.41, 5.74) is 5.62. The third kappa shape index (κ3) is 5.24. The Morgan fingerprint density at radius 3 is 2.40 bits per heavy atom. The van der Waals surface area contributed by atoms with Crippen LogP contribution in [0, 0.1) is 11.8 Å². The molecule has 1 nitrogen and oxygen atoms in total. The molecule has 2 heteroatoms. The average Bonchev–Trinajstić information content (AvgIpc) is 2.27. The molecular weight excluding hydrogens is 202 g/mol. The fourth-order valence-corrected chi connectivity index (χ4v) is 2.57. The van der Waals surface area contributed by atoms with E-state index >= 15 is 0 Å². The monoisotopic (exact) mass is 223 g/mol. The fourth-order valence-electron chi connectivity index (χ4n) is 1.61. The van der Waals surface area contributed by atoms with Crippen LogP contribution in [0.1, 0.15) is 20.3 Å². The zero-order valence-corrected chi connectivity index (χ0v) is 10.5. The molecule has 1 aromatic carbocycles. The van der Waals surface area contributed by atoms with Crippen LogP contribution in [0.15, 0.2) is 35.2 Å². The van der Waals surface area contributed by atoms with Crippen LogP contribution in [0.2, 0.25) is 0 Å². The molecule has 0 aliphatic carbocycles. The van der Waals surface area contributed by atoms with Crippen LogP contribution in [0.25, 0.3) is 0 Å². The van der Waals surface area contributed by atoms with Gasteiger partial charge in [0.05, 0.1) is 0 Å². The highest BCUT2D eigenvalue weighted by molar-refractivity contribution is 7.99. The molecule has 0 aromatic heterocycles. The number of nitrogens with two attached hydrogens (primary N) is 1. The fraction of sp³-hybridized carbons (Fsp3) is 0.538. The third-order valence-corrected chi connectivity index (χ3v) is 3.83. The molecule has 0 unspecified atom stereocenters. The second-order valence-corrected chi connectivity index (χ2v) is 5.40. The molecule has 0 saturated heterocycles. The highest BCUT2D eigenvalue weighted by Crippen LogP contribution is 2.23. The highest BCUT2D eigenvalue weighted by atomic mass is 32.2. The maximum Gasteiger partial charge on any atom is 0.00720 e. The van der Waals surface area contributed by atoms with Gasteiger partial charge in [-0.15, -0.1) is 11.8 Å². The van der Waals surface area contributed by atoms with Crippen molar-refractivity contribution >= 4 is 11.8 Å². The van der Waals surface area contributed by atoms with Crippen LogP contribution in [-0.2, 0) is 0 Å². The first kappa shape index (κ1) is 12.6. The minimum absolute atomic E-state index is 0.649. The Hall–Kier alpha value is -0.470. The molecule has 1 aromatic rings. The number of benzene rings is 1. The van der Waals surface area contributed by atoms with E-state index in [4.69, 9.17) is 5.73 Å². The number of thioether (sulfide) groups is 1. The molecule has 0 aliphatic heterocycles. The Bertz CT molecular complexity index is 260. The lowest BCUT2D eigenvalue weighted by molar-refractivity contribution is 0.452. The van der Waals surface area contributed by atoms with Gasteiger partial charge in [-0.2, -0.15) is 0 Å². The molecule has 2 atom stereocenters. The highest BCUT2D eigenvalue weighted by Gasteiger charge is 2.07. The summed E-state index contributed by atoms with van der Waals surface area (Å²) in [7, 11) is 0. The van der Waals surface area contributed by atoms with Gasteiger partial charge < -0.3 is 5.73 Å². The van der Waals surface area contributed by atoms with Crippen LogP contribution in [0.5, 0.6) is 0 Å². The van der Waals surface area contributed by atoms with Crippen LogP contribution in [-0.4, -0.2) is 12.3 Å². The van der Waals surface area contributed by atoms with Gasteiger partial charge in [0.2, 0.25) is 0 Å². The Labute approximate surface area is 97.4 Å². The zero-order valence-electron chi connectivity index (χ0n) is 9.65. The zero-order chi connectivity index (χ0) is 11.1. The molecule has 0 heterocycles. The molecule has 15 heavy (non-hydrogen) atoms. The van der Waals surface area contributed by atoms with Crippen molar-refractivity contribution in [3.8, 4) is 0 Å². The topological polar surface area (TPSA) is 26.0 Å². The van der Waals surface area contributed by atoms with E-state index in [-0.39, 0.29) is 0 Å². The lowest BCUT2D eigenvalue weighted by atomic mass is 9.99. The van der Waals surface area contributed by atoms with Crippen molar-refractivity contribution < 1.29 is 0 Å². The van der Waals surface area contributed by atoms with Crippen LogP contribution in [0.3, 0.4) is 0 Å². The molecule has 0 radical (unpaired) electrons. The lowest BCUT2D eigenvalue weighted by Crippen LogP contribution is -2.14. The van der Waals surface area contributed by atoms with Gasteiger partial charge in [0, 0.05) is 10.6 Å². The molecule has 0 saturated carbocycles. The predicted molar refractivity (Wildman–Crippen MR) is 69.2 cm³/mol. The predicted octanol–water partition coefficient (Wildman–Crippen LogP) is 3.40. The van der Waals surface area contributed by atoms with Crippen molar-refractivity contribution in [1.82, 2.24) is 0 Å². The van der Waals surface area contributed by atoms with Gasteiger partial charge >= 0.3 is 0 Å². The van der Waals surface area contributed by atoms with Crippen LogP contribution >= 0.6 is 11.8 Å². The summed E-state index contributed by atoms with van der Waals surface area (Å²) in [6.45, 7) is 5.34. The van der Waals surface area contributed by atoms with Gasteiger partial charge in [-0.25, -0.2) is 0 Å². The second-order valence-electron chi connectivity index (χ2n) is 4.31. The van der Waals surface area contributed by atoms with Crippen molar-refractivity contribution in [3.05, 3.63) is 30.3 Å². The van der Waals surface area contributed by atoms with E-state index in [2.05, 4.69) is 44.2 Å². The molecule has 0 bridgehead atoms. The Balaban J connectivity index is 2.25.